The van der Waals surface area contributed by atoms with Crippen molar-refractivity contribution in [3.05, 3.63) is 64.4 Å². The van der Waals surface area contributed by atoms with Crippen molar-refractivity contribution in [2.24, 2.45) is 0 Å². The van der Waals surface area contributed by atoms with E-state index in [0.717, 1.165) is 11.3 Å². The average molecular weight is 359 g/mol. The molecule has 0 spiro atoms. The molecule has 0 fully saturated rings. The van der Waals surface area contributed by atoms with E-state index >= 15 is 0 Å². The van der Waals surface area contributed by atoms with Gasteiger partial charge in [-0.3, -0.25) is 4.57 Å². The molecule has 134 valence electrons. The molecule has 10 heteroatoms. The summed E-state index contributed by atoms with van der Waals surface area (Å²) in [5.74, 6) is -0.554. The summed E-state index contributed by atoms with van der Waals surface area (Å²) in [6, 6.07) is 6.23. The first-order valence-corrected chi connectivity index (χ1v) is 7.84. The molecule has 0 unspecified atom stereocenters. The Labute approximate surface area is 146 Å². The summed E-state index contributed by atoms with van der Waals surface area (Å²) >= 11 is 0. The molecule has 3 heterocycles. The summed E-state index contributed by atoms with van der Waals surface area (Å²) in [5.41, 5.74) is 1.59. The van der Waals surface area contributed by atoms with Crippen LogP contribution >= 0.6 is 0 Å². The Kier molecular flexibility index (Phi) is 4.09. The van der Waals surface area contributed by atoms with E-state index in [2.05, 4.69) is 10.1 Å². The summed E-state index contributed by atoms with van der Waals surface area (Å²) in [6.07, 6.45) is 4.54. The van der Waals surface area contributed by atoms with Gasteiger partial charge in [0.15, 0.2) is 0 Å². The smallest absolute Gasteiger partial charge is 0.414 e. The lowest BCUT2D eigenvalue weighted by molar-refractivity contribution is -0.389. The maximum absolute atomic E-state index is 13.0. The van der Waals surface area contributed by atoms with Crippen LogP contribution in [0.3, 0.4) is 0 Å². The van der Waals surface area contributed by atoms with Crippen LogP contribution in [0.15, 0.2) is 42.9 Å². The van der Waals surface area contributed by atoms with Crippen LogP contribution in [-0.2, 0) is 17.9 Å². The molecule has 1 aliphatic heterocycles. The second kappa shape index (κ2) is 6.56. The Morgan fingerprint density at radius 2 is 2.15 bits per heavy atom. The number of benzene rings is 1. The maximum Gasteiger partial charge on any atom is 0.414 e. The van der Waals surface area contributed by atoms with Gasteiger partial charge in [0.1, 0.15) is 24.7 Å². The van der Waals surface area contributed by atoms with Gasteiger partial charge >= 0.3 is 11.8 Å². The van der Waals surface area contributed by atoms with E-state index in [9.17, 15) is 14.5 Å². The Bertz CT molecular complexity index is 937. The van der Waals surface area contributed by atoms with Gasteiger partial charge in [-0.2, -0.15) is 5.10 Å². The first-order valence-electron chi connectivity index (χ1n) is 7.84. The van der Waals surface area contributed by atoms with Crippen LogP contribution in [0.1, 0.15) is 5.56 Å². The fourth-order valence-corrected chi connectivity index (χ4v) is 2.64. The minimum atomic E-state index is -0.561. The fraction of sp³-hybridized carbons (Fsp3) is 0.250. The van der Waals surface area contributed by atoms with E-state index in [1.165, 1.54) is 18.3 Å². The second-order valence-corrected chi connectivity index (χ2v) is 5.80. The number of hydrogen-bond acceptors (Lipinski definition) is 6. The number of halogens is 1. The number of nitro groups is 1. The molecule has 0 bridgehead atoms. The number of rotatable bonds is 5. The lowest BCUT2D eigenvalue weighted by Gasteiger charge is -2.22. The highest BCUT2D eigenvalue weighted by Crippen LogP contribution is 2.22. The maximum atomic E-state index is 13.0. The first kappa shape index (κ1) is 16.2. The minimum Gasteiger partial charge on any atom is -0.443 e. The summed E-state index contributed by atoms with van der Waals surface area (Å²) < 4.78 is 27.4. The number of imidazole rings is 1. The van der Waals surface area contributed by atoms with Gasteiger partial charge in [0.2, 0.25) is 0 Å². The number of hydrogen-bond donors (Lipinski definition) is 0. The summed E-state index contributed by atoms with van der Waals surface area (Å²) in [5, 5.41) is 15.0. The second-order valence-electron chi connectivity index (χ2n) is 5.80. The minimum absolute atomic E-state index is 0.223. The summed E-state index contributed by atoms with van der Waals surface area (Å²) in [4.78, 5) is 14.0. The fourth-order valence-electron chi connectivity index (χ4n) is 2.64. The quantitative estimate of drug-likeness (QED) is 0.511. The summed E-state index contributed by atoms with van der Waals surface area (Å²) in [7, 11) is 0. The van der Waals surface area contributed by atoms with E-state index in [4.69, 9.17) is 9.47 Å². The molecule has 2 aromatic heterocycles. The van der Waals surface area contributed by atoms with Crippen molar-refractivity contribution >= 4 is 5.82 Å². The zero-order valence-electron chi connectivity index (χ0n) is 13.5. The van der Waals surface area contributed by atoms with Crippen molar-refractivity contribution < 1.29 is 18.8 Å². The monoisotopic (exact) mass is 359 g/mol. The average Bonchev–Trinajstić information content (AvgIpc) is 3.27. The van der Waals surface area contributed by atoms with Gasteiger partial charge in [-0.15, -0.1) is 0 Å². The highest BCUT2D eigenvalue weighted by molar-refractivity contribution is 5.31. The van der Waals surface area contributed by atoms with Gasteiger partial charge in [0, 0.05) is 16.7 Å². The van der Waals surface area contributed by atoms with Gasteiger partial charge in [-0.25, -0.2) is 9.07 Å². The van der Waals surface area contributed by atoms with Crippen LogP contribution < -0.4 is 4.74 Å². The van der Waals surface area contributed by atoms with Crippen LogP contribution in [0.5, 0.6) is 6.01 Å². The van der Waals surface area contributed by atoms with Gasteiger partial charge < -0.3 is 19.6 Å². The highest BCUT2D eigenvalue weighted by atomic mass is 19.1. The highest BCUT2D eigenvalue weighted by Gasteiger charge is 2.28. The molecule has 3 aromatic rings. The molecule has 0 saturated heterocycles. The number of ether oxygens (including phenoxy) is 2. The largest absolute Gasteiger partial charge is 0.443 e. The van der Waals surface area contributed by atoms with Crippen LogP contribution in [0.25, 0.3) is 5.69 Å². The van der Waals surface area contributed by atoms with Crippen molar-refractivity contribution in [3.8, 4) is 11.7 Å². The van der Waals surface area contributed by atoms with Crippen LogP contribution in [0, 0.1) is 15.9 Å². The van der Waals surface area contributed by atoms with Gasteiger partial charge in [-0.05, 0) is 29.2 Å². The topological polar surface area (TPSA) is 97.2 Å². The molecule has 1 aliphatic rings. The molecule has 0 aliphatic carbocycles. The van der Waals surface area contributed by atoms with Crippen LogP contribution in [0.2, 0.25) is 0 Å². The first-order chi connectivity index (χ1) is 12.6. The van der Waals surface area contributed by atoms with Crippen molar-refractivity contribution in [2.75, 3.05) is 6.61 Å². The molecule has 0 N–H and O–H groups in total. The predicted molar refractivity (Wildman–Crippen MR) is 86.5 cm³/mol. The predicted octanol–water partition coefficient (Wildman–Crippen LogP) is 2.09. The third kappa shape index (κ3) is 3.26. The number of fused-ring (bicyclic) bond motifs is 1. The Hall–Kier alpha value is -3.27. The van der Waals surface area contributed by atoms with E-state index in [0.29, 0.717) is 13.2 Å². The molecule has 9 nitrogen and oxygen atoms in total. The molecule has 1 atom stereocenters. The SMILES string of the molecule is O=[N+]([O-])c1cn2c(n1)OC[C@@H](OCc1cnn(-c3ccc(F)cc3)c1)C2. The van der Waals surface area contributed by atoms with Gasteiger partial charge in [0.05, 0.1) is 25.0 Å². The molecule has 26 heavy (non-hydrogen) atoms. The lowest BCUT2D eigenvalue weighted by atomic mass is 10.3. The van der Waals surface area contributed by atoms with Crippen molar-refractivity contribution in [1.82, 2.24) is 19.3 Å². The Balaban J connectivity index is 1.37. The van der Waals surface area contributed by atoms with E-state index in [1.807, 2.05) is 0 Å². The zero-order valence-corrected chi connectivity index (χ0v) is 13.5. The van der Waals surface area contributed by atoms with Crippen molar-refractivity contribution in [1.29, 1.82) is 0 Å². The van der Waals surface area contributed by atoms with E-state index < -0.39 is 4.92 Å². The van der Waals surface area contributed by atoms with Crippen LogP contribution in [0.4, 0.5) is 10.2 Å². The number of nitrogens with zero attached hydrogens (tertiary/aromatic N) is 5. The van der Waals surface area contributed by atoms with Gasteiger partial charge in [-0.1, -0.05) is 0 Å². The van der Waals surface area contributed by atoms with Crippen molar-refractivity contribution in [2.45, 2.75) is 19.3 Å². The third-order valence-electron chi connectivity index (χ3n) is 3.93. The van der Waals surface area contributed by atoms with Crippen LogP contribution in [-0.4, -0.2) is 37.0 Å². The van der Waals surface area contributed by atoms with E-state index in [1.54, 1.807) is 33.8 Å². The molecule has 1 aromatic carbocycles. The summed E-state index contributed by atoms with van der Waals surface area (Å²) in [6.45, 7) is 0.990. The molecular formula is C16H14FN5O4. The molecule has 0 saturated carbocycles. The third-order valence-corrected chi connectivity index (χ3v) is 3.93. The molecule has 4 rings (SSSR count). The normalized spacial score (nSPS) is 16.1. The van der Waals surface area contributed by atoms with Gasteiger partial charge in [0.25, 0.3) is 0 Å². The number of aromatic nitrogens is 4. The Morgan fingerprint density at radius 1 is 1.35 bits per heavy atom. The van der Waals surface area contributed by atoms with Crippen molar-refractivity contribution in [3.63, 3.8) is 0 Å². The standard InChI is InChI=1S/C16H14FN5O4/c17-12-1-3-13(4-2-12)21-6-11(5-18-21)9-25-14-7-20-8-15(22(23)24)19-16(20)26-10-14/h1-6,8,14H,7,9-10H2/t14-/m0/s1. The lowest BCUT2D eigenvalue weighted by Crippen LogP contribution is -2.32. The van der Waals surface area contributed by atoms with E-state index in [-0.39, 0.29) is 30.4 Å². The molecule has 0 radical (unpaired) electrons. The molecular weight excluding hydrogens is 345 g/mol. The molecule has 0 amide bonds. The zero-order chi connectivity index (χ0) is 18.1. The Morgan fingerprint density at radius 3 is 2.92 bits per heavy atom.